The zero-order valence-corrected chi connectivity index (χ0v) is 16.6. The SMILES string of the molecule is O=C(c1ccc(N[SH](=O)=O)cc1)N1CCN(C2(c3ccccc3)CCC2)CC1. The second-order valence-electron chi connectivity index (χ2n) is 7.48. The predicted molar refractivity (Wildman–Crippen MR) is 110 cm³/mol. The maximum Gasteiger partial charge on any atom is 0.253 e. The first-order chi connectivity index (χ1) is 13.6. The molecule has 2 aromatic rings. The van der Waals surface area contributed by atoms with Gasteiger partial charge in [0.2, 0.25) is 10.9 Å². The van der Waals surface area contributed by atoms with Crippen LogP contribution in [0.2, 0.25) is 0 Å². The highest BCUT2D eigenvalue weighted by Crippen LogP contribution is 2.46. The van der Waals surface area contributed by atoms with E-state index in [-0.39, 0.29) is 11.4 Å². The number of carbonyl (C=O) groups is 1. The summed E-state index contributed by atoms with van der Waals surface area (Å²) >= 11 is 0. The molecule has 0 radical (unpaired) electrons. The molecule has 2 fully saturated rings. The number of nitrogens with one attached hydrogen (secondary N) is 1. The summed E-state index contributed by atoms with van der Waals surface area (Å²) in [5, 5.41) is 0. The van der Waals surface area contributed by atoms with Crippen LogP contribution in [0.1, 0.15) is 35.2 Å². The van der Waals surface area contributed by atoms with Crippen molar-refractivity contribution in [1.29, 1.82) is 0 Å². The summed E-state index contributed by atoms with van der Waals surface area (Å²) in [6.07, 6.45) is 3.62. The number of hydrogen-bond donors (Lipinski definition) is 2. The predicted octanol–water partition coefficient (Wildman–Crippen LogP) is 2.46. The Balaban J connectivity index is 1.40. The van der Waals surface area contributed by atoms with Gasteiger partial charge in [0, 0.05) is 43.0 Å². The van der Waals surface area contributed by atoms with Crippen LogP contribution in [0.4, 0.5) is 5.69 Å². The van der Waals surface area contributed by atoms with Crippen molar-refractivity contribution >= 4 is 22.5 Å². The fraction of sp³-hybridized carbons (Fsp3) is 0.381. The van der Waals surface area contributed by atoms with Crippen LogP contribution in [-0.4, -0.2) is 50.3 Å². The van der Waals surface area contributed by atoms with Crippen molar-refractivity contribution in [1.82, 2.24) is 9.80 Å². The third-order valence-corrected chi connectivity index (χ3v) is 6.46. The van der Waals surface area contributed by atoms with E-state index >= 15 is 0 Å². The van der Waals surface area contributed by atoms with Crippen LogP contribution in [0, 0.1) is 0 Å². The minimum atomic E-state index is -2.70. The van der Waals surface area contributed by atoms with Crippen molar-refractivity contribution in [2.24, 2.45) is 0 Å². The summed E-state index contributed by atoms with van der Waals surface area (Å²) in [5.74, 6) is 0.0000757. The van der Waals surface area contributed by atoms with Crippen LogP contribution >= 0.6 is 0 Å². The Kier molecular flexibility index (Phi) is 5.37. The first-order valence-corrected chi connectivity index (χ1v) is 10.9. The van der Waals surface area contributed by atoms with E-state index in [1.54, 1.807) is 24.3 Å². The van der Waals surface area contributed by atoms with Gasteiger partial charge in [-0.05, 0) is 49.1 Å². The van der Waals surface area contributed by atoms with Gasteiger partial charge in [0.25, 0.3) is 5.91 Å². The Morgan fingerprint density at radius 2 is 1.54 bits per heavy atom. The van der Waals surface area contributed by atoms with Crippen molar-refractivity contribution in [3.8, 4) is 0 Å². The highest BCUT2D eigenvalue weighted by molar-refractivity contribution is 7.73. The molecule has 1 aliphatic carbocycles. The second kappa shape index (κ2) is 7.93. The molecule has 0 aromatic heterocycles. The molecule has 1 amide bonds. The zero-order chi connectivity index (χ0) is 19.6. The van der Waals surface area contributed by atoms with Crippen LogP contribution in [0.25, 0.3) is 0 Å². The summed E-state index contributed by atoms with van der Waals surface area (Å²) < 4.78 is 23.8. The third-order valence-electron chi connectivity index (χ3n) is 6.02. The standard InChI is InChI=1S/C21H25N3O3S/c25-20(17-7-9-19(10-8-17)22-28(26)27)23-13-15-24(16-14-23)21(11-4-12-21)18-5-2-1-3-6-18/h1-3,5-10,28H,4,11-16H2,(H,22,26,27). The smallest absolute Gasteiger partial charge is 0.253 e. The Labute approximate surface area is 167 Å². The van der Waals surface area contributed by atoms with E-state index in [1.807, 2.05) is 4.90 Å². The van der Waals surface area contributed by atoms with Gasteiger partial charge in [-0.2, -0.15) is 0 Å². The molecule has 0 bridgehead atoms. The normalized spacial score (nSPS) is 19.2. The Bertz CT molecular complexity index is 892. The van der Waals surface area contributed by atoms with Crippen molar-refractivity contribution < 1.29 is 13.2 Å². The van der Waals surface area contributed by atoms with E-state index < -0.39 is 10.9 Å². The van der Waals surface area contributed by atoms with Gasteiger partial charge >= 0.3 is 0 Å². The molecule has 0 atom stereocenters. The number of hydrogen-bond acceptors (Lipinski definition) is 4. The average Bonchev–Trinajstić information content (AvgIpc) is 2.68. The zero-order valence-electron chi connectivity index (χ0n) is 15.7. The number of piperazine rings is 1. The molecular weight excluding hydrogens is 374 g/mol. The largest absolute Gasteiger partial charge is 0.336 e. The molecule has 2 aromatic carbocycles. The van der Waals surface area contributed by atoms with Crippen LogP contribution in [0.15, 0.2) is 54.6 Å². The quantitative estimate of drug-likeness (QED) is 0.758. The molecule has 28 heavy (non-hydrogen) atoms. The van der Waals surface area contributed by atoms with Gasteiger partial charge < -0.3 is 4.90 Å². The lowest BCUT2D eigenvalue weighted by molar-refractivity contribution is -0.0192. The molecule has 7 heteroatoms. The third kappa shape index (κ3) is 3.64. The lowest BCUT2D eigenvalue weighted by Crippen LogP contribution is -2.59. The van der Waals surface area contributed by atoms with Crippen LogP contribution in [0.3, 0.4) is 0 Å². The summed E-state index contributed by atoms with van der Waals surface area (Å²) in [5.41, 5.74) is 2.58. The average molecular weight is 400 g/mol. The van der Waals surface area contributed by atoms with E-state index in [4.69, 9.17) is 0 Å². The number of anilines is 1. The minimum Gasteiger partial charge on any atom is -0.336 e. The molecule has 1 heterocycles. The van der Waals surface area contributed by atoms with E-state index in [0.717, 1.165) is 13.1 Å². The monoisotopic (exact) mass is 399 g/mol. The van der Waals surface area contributed by atoms with Crippen molar-refractivity contribution in [2.45, 2.75) is 24.8 Å². The summed E-state index contributed by atoms with van der Waals surface area (Å²) in [6.45, 7) is 3.16. The number of carbonyl (C=O) groups excluding carboxylic acids is 1. The van der Waals surface area contributed by atoms with Gasteiger partial charge in [0.1, 0.15) is 0 Å². The lowest BCUT2D eigenvalue weighted by Gasteiger charge is -2.53. The Morgan fingerprint density at radius 1 is 0.893 bits per heavy atom. The highest BCUT2D eigenvalue weighted by Gasteiger charge is 2.44. The van der Waals surface area contributed by atoms with Gasteiger partial charge in [0.05, 0.1) is 0 Å². The van der Waals surface area contributed by atoms with Gasteiger partial charge in [-0.25, -0.2) is 8.42 Å². The van der Waals surface area contributed by atoms with E-state index in [0.29, 0.717) is 24.3 Å². The summed E-state index contributed by atoms with van der Waals surface area (Å²) in [7, 11) is -2.70. The van der Waals surface area contributed by atoms with Crippen LogP contribution in [0.5, 0.6) is 0 Å². The molecule has 6 nitrogen and oxygen atoms in total. The van der Waals surface area contributed by atoms with Crippen molar-refractivity contribution in [3.05, 3.63) is 65.7 Å². The Hall–Kier alpha value is -2.38. The molecule has 1 N–H and O–H groups in total. The molecule has 1 aliphatic heterocycles. The number of thiol groups is 1. The molecule has 1 saturated carbocycles. The maximum absolute atomic E-state index is 12.8. The number of nitrogens with zero attached hydrogens (tertiary/aromatic N) is 2. The molecule has 1 saturated heterocycles. The molecule has 4 rings (SSSR count). The number of benzene rings is 2. The van der Waals surface area contributed by atoms with E-state index in [2.05, 4.69) is 40.0 Å². The molecule has 148 valence electrons. The first kappa shape index (κ1) is 19.0. The van der Waals surface area contributed by atoms with Gasteiger partial charge in [-0.15, -0.1) is 0 Å². The molecule has 0 unspecified atom stereocenters. The number of amides is 1. The number of rotatable bonds is 5. The summed E-state index contributed by atoms with van der Waals surface area (Å²) in [6, 6.07) is 17.3. The van der Waals surface area contributed by atoms with Gasteiger partial charge in [-0.1, -0.05) is 30.3 Å². The topological polar surface area (TPSA) is 69.7 Å². The fourth-order valence-corrected chi connectivity index (χ4v) is 4.72. The fourth-order valence-electron chi connectivity index (χ4n) is 4.36. The molecule has 0 spiro atoms. The van der Waals surface area contributed by atoms with Crippen LogP contribution in [-0.2, 0) is 16.4 Å². The van der Waals surface area contributed by atoms with Gasteiger partial charge in [-0.3, -0.25) is 14.4 Å². The van der Waals surface area contributed by atoms with Crippen molar-refractivity contribution in [2.75, 3.05) is 30.9 Å². The lowest BCUT2D eigenvalue weighted by atomic mass is 9.70. The van der Waals surface area contributed by atoms with Crippen molar-refractivity contribution in [3.63, 3.8) is 0 Å². The van der Waals surface area contributed by atoms with Crippen LogP contribution < -0.4 is 4.72 Å². The first-order valence-electron chi connectivity index (χ1n) is 9.69. The van der Waals surface area contributed by atoms with E-state index in [1.165, 1.54) is 24.8 Å². The van der Waals surface area contributed by atoms with Gasteiger partial charge in [0.15, 0.2) is 0 Å². The molecule has 2 aliphatic rings. The second-order valence-corrected chi connectivity index (χ2v) is 8.21. The highest BCUT2D eigenvalue weighted by atomic mass is 32.2. The molecular formula is C21H25N3O3S. The Morgan fingerprint density at radius 3 is 2.07 bits per heavy atom. The minimum absolute atomic E-state index is 0.0000757. The maximum atomic E-state index is 12.8. The van der Waals surface area contributed by atoms with E-state index in [9.17, 15) is 13.2 Å². The summed E-state index contributed by atoms with van der Waals surface area (Å²) in [4.78, 5) is 17.3.